The van der Waals surface area contributed by atoms with Crippen LogP contribution in [0.25, 0.3) is 0 Å². The summed E-state index contributed by atoms with van der Waals surface area (Å²) in [4.78, 5) is 0. The lowest BCUT2D eigenvalue weighted by molar-refractivity contribution is 0.451. The van der Waals surface area contributed by atoms with Gasteiger partial charge in [0.1, 0.15) is 17.4 Å². The molecular formula is C17H19N3O. The van der Waals surface area contributed by atoms with Gasteiger partial charge in [-0.25, -0.2) is 0 Å². The minimum atomic E-state index is 0.261. The van der Waals surface area contributed by atoms with Gasteiger partial charge in [-0.2, -0.15) is 10.4 Å². The van der Waals surface area contributed by atoms with Crippen LogP contribution in [0.15, 0.2) is 18.2 Å². The van der Waals surface area contributed by atoms with Crippen LogP contribution >= 0.6 is 0 Å². The first-order valence-electron chi connectivity index (χ1n) is 6.96. The van der Waals surface area contributed by atoms with Crippen LogP contribution in [0.1, 0.15) is 47.7 Å². The molecule has 0 N–H and O–H groups in total. The van der Waals surface area contributed by atoms with Crippen LogP contribution in [0.3, 0.4) is 0 Å². The summed E-state index contributed by atoms with van der Waals surface area (Å²) in [5.41, 5.74) is 4.43. The molecule has 0 aliphatic carbocycles. The van der Waals surface area contributed by atoms with Gasteiger partial charge in [0.15, 0.2) is 0 Å². The zero-order valence-corrected chi connectivity index (χ0v) is 13.1. The van der Waals surface area contributed by atoms with Crippen LogP contribution in [0.2, 0.25) is 0 Å². The van der Waals surface area contributed by atoms with E-state index < -0.39 is 0 Å². The second kappa shape index (κ2) is 5.92. The molecule has 0 aliphatic heterocycles. The van der Waals surface area contributed by atoms with Crippen molar-refractivity contribution in [1.29, 1.82) is 5.26 Å². The molecule has 1 heterocycles. The molecule has 0 aliphatic rings. The molecule has 4 heteroatoms. The Balaban J connectivity index is 2.38. The summed E-state index contributed by atoms with van der Waals surface area (Å²) in [6.07, 6.45) is 0. The fourth-order valence-electron chi connectivity index (χ4n) is 2.26. The molecule has 4 nitrogen and oxygen atoms in total. The lowest BCUT2D eigenvalue weighted by Gasteiger charge is -2.13. The van der Waals surface area contributed by atoms with Gasteiger partial charge < -0.3 is 4.74 Å². The average molecular weight is 281 g/mol. The van der Waals surface area contributed by atoms with Gasteiger partial charge >= 0.3 is 0 Å². The number of nitriles is 1. The van der Waals surface area contributed by atoms with Gasteiger partial charge in [0.2, 0.25) is 0 Å². The molecule has 0 saturated carbocycles. The first-order valence-corrected chi connectivity index (χ1v) is 6.96. The molecule has 1 aromatic heterocycles. The highest BCUT2D eigenvalue weighted by Crippen LogP contribution is 2.28. The summed E-state index contributed by atoms with van der Waals surface area (Å²) in [5.74, 6) is 1.40. The Bertz CT molecular complexity index is 715. The van der Waals surface area contributed by atoms with Gasteiger partial charge in [-0.1, -0.05) is 19.9 Å². The highest BCUT2D eigenvalue weighted by Gasteiger charge is 2.13. The zero-order valence-electron chi connectivity index (χ0n) is 13.1. The minimum absolute atomic E-state index is 0.261. The number of hydrogen-bond acceptors (Lipinski definition) is 4. The second-order valence-corrected chi connectivity index (χ2v) is 5.48. The molecular weight excluding hydrogens is 262 g/mol. The lowest BCUT2D eigenvalue weighted by atomic mass is 9.98. The van der Waals surface area contributed by atoms with E-state index in [1.807, 2.05) is 26.0 Å². The maximum Gasteiger partial charge on any atom is 0.257 e. The monoisotopic (exact) mass is 281 g/mol. The summed E-state index contributed by atoms with van der Waals surface area (Å²) >= 11 is 0. The Labute approximate surface area is 125 Å². The molecule has 1 aromatic carbocycles. The molecule has 0 radical (unpaired) electrons. The highest BCUT2D eigenvalue weighted by molar-refractivity contribution is 5.47. The van der Waals surface area contributed by atoms with E-state index in [-0.39, 0.29) is 5.88 Å². The first-order chi connectivity index (χ1) is 9.93. The predicted octanol–water partition coefficient (Wildman–Crippen LogP) is 4.19. The zero-order chi connectivity index (χ0) is 15.6. The summed E-state index contributed by atoms with van der Waals surface area (Å²) in [5, 5.41) is 17.3. The van der Waals surface area contributed by atoms with Crippen molar-refractivity contribution in [2.45, 2.75) is 40.5 Å². The third-order valence-electron chi connectivity index (χ3n) is 3.61. The highest BCUT2D eigenvalue weighted by atomic mass is 16.5. The van der Waals surface area contributed by atoms with Crippen molar-refractivity contribution in [3.8, 4) is 17.7 Å². The smallest absolute Gasteiger partial charge is 0.257 e. The molecule has 0 bridgehead atoms. The molecule has 2 aromatic rings. The number of aromatic nitrogens is 2. The van der Waals surface area contributed by atoms with Gasteiger partial charge in [0.05, 0.1) is 5.69 Å². The molecule has 0 fully saturated rings. The largest absolute Gasteiger partial charge is 0.437 e. The van der Waals surface area contributed by atoms with E-state index in [9.17, 15) is 5.26 Å². The minimum Gasteiger partial charge on any atom is -0.437 e. The maximum absolute atomic E-state index is 9.28. The van der Waals surface area contributed by atoms with E-state index in [2.05, 4.69) is 43.1 Å². The van der Waals surface area contributed by atoms with E-state index >= 15 is 0 Å². The maximum atomic E-state index is 9.28. The Morgan fingerprint density at radius 3 is 2.43 bits per heavy atom. The van der Waals surface area contributed by atoms with Crippen molar-refractivity contribution in [2.24, 2.45) is 0 Å². The van der Waals surface area contributed by atoms with Crippen LogP contribution in [-0.4, -0.2) is 10.2 Å². The van der Waals surface area contributed by atoms with Gasteiger partial charge in [0, 0.05) is 0 Å². The van der Waals surface area contributed by atoms with Crippen LogP contribution in [0.5, 0.6) is 11.6 Å². The van der Waals surface area contributed by atoms with Gasteiger partial charge in [-0.05, 0) is 55.5 Å². The van der Waals surface area contributed by atoms with Crippen LogP contribution in [-0.2, 0) is 0 Å². The van der Waals surface area contributed by atoms with E-state index in [1.54, 1.807) is 0 Å². The first kappa shape index (κ1) is 15.0. The van der Waals surface area contributed by atoms with E-state index in [4.69, 9.17) is 4.74 Å². The summed E-state index contributed by atoms with van der Waals surface area (Å²) < 4.78 is 5.76. The number of benzene rings is 1. The van der Waals surface area contributed by atoms with Crippen molar-refractivity contribution in [3.05, 3.63) is 46.1 Å². The van der Waals surface area contributed by atoms with E-state index in [0.29, 0.717) is 17.2 Å². The Morgan fingerprint density at radius 2 is 1.86 bits per heavy atom. The van der Waals surface area contributed by atoms with Crippen molar-refractivity contribution >= 4 is 0 Å². The molecule has 21 heavy (non-hydrogen) atoms. The van der Waals surface area contributed by atoms with E-state index in [1.165, 1.54) is 5.56 Å². The van der Waals surface area contributed by atoms with Crippen LogP contribution in [0, 0.1) is 32.1 Å². The molecule has 2 rings (SSSR count). The standard InChI is InChI=1S/C17H19N3O/c1-10(2)15-7-6-14(8-11(15)3)21-17-16(9-18)12(4)13(5)19-20-17/h6-8,10H,1-5H3. The second-order valence-electron chi connectivity index (χ2n) is 5.48. The van der Waals surface area contributed by atoms with Crippen molar-refractivity contribution < 1.29 is 4.74 Å². The number of nitrogens with zero attached hydrogens (tertiary/aromatic N) is 3. The third-order valence-corrected chi connectivity index (χ3v) is 3.61. The average Bonchev–Trinajstić information content (AvgIpc) is 2.43. The molecule has 0 saturated heterocycles. The number of hydrogen-bond donors (Lipinski definition) is 0. The molecule has 108 valence electrons. The number of ether oxygens (including phenoxy) is 1. The van der Waals surface area contributed by atoms with Crippen molar-refractivity contribution in [3.63, 3.8) is 0 Å². The molecule has 0 unspecified atom stereocenters. The topological polar surface area (TPSA) is 58.8 Å². The molecule has 0 spiro atoms. The quantitative estimate of drug-likeness (QED) is 0.846. The van der Waals surface area contributed by atoms with Gasteiger partial charge in [-0.15, -0.1) is 5.10 Å². The van der Waals surface area contributed by atoms with Gasteiger partial charge in [-0.3, -0.25) is 0 Å². The predicted molar refractivity (Wildman–Crippen MR) is 81.6 cm³/mol. The fourth-order valence-corrected chi connectivity index (χ4v) is 2.26. The normalized spacial score (nSPS) is 10.5. The number of aryl methyl sites for hydroxylation is 2. The third kappa shape index (κ3) is 3.03. The Morgan fingerprint density at radius 1 is 1.14 bits per heavy atom. The summed E-state index contributed by atoms with van der Waals surface area (Å²) in [6.45, 7) is 10.0. The molecule has 0 atom stereocenters. The Kier molecular flexibility index (Phi) is 4.23. The Hall–Kier alpha value is -2.41. The van der Waals surface area contributed by atoms with Gasteiger partial charge in [0.25, 0.3) is 5.88 Å². The molecule has 0 amide bonds. The van der Waals surface area contributed by atoms with E-state index in [0.717, 1.165) is 16.8 Å². The fraction of sp³-hybridized carbons (Fsp3) is 0.353. The van der Waals surface area contributed by atoms with Crippen LogP contribution in [0.4, 0.5) is 0 Å². The lowest BCUT2D eigenvalue weighted by Crippen LogP contribution is -2.01. The summed E-state index contributed by atoms with van der Waals surface area (Å²) in [7, 11) is 0. The van der Waals surface area contributed by atoms with Crippen molar-refractivity contribution in [2.75, 3.05) is 0 Å². The SMILES string of the molecule is Cc1cc(Oc2nnc(C)c(C)c2C#N)ccc1C(C)C. The van der Waals surface area contributed by atoms with Crippen molar-refractivity contribution in [1.82, 2.24) is 10.2 Å². The summed E-state index contributed by atoms with van der Waals surface area (Å²) in [6, 6.07) is 8.06. The van der Waals surface area contributed by atoms with Crippen LogP contribution < -0.4 is 4.74 Å². The number of rotatable bonds is 3.